The van der Waals surface area contributed by atoms with Crippen molar-refractivity contribution in [1.82, 2.24) is 9.80 Å². The van der Waals surface area contributed by atoms with Crippen molar-refractivity contribution in [3.8, 4) is 11.5 Å². The molecule has 4 saturated heterocycles. The van der Waals surface area contributed by atoms with E-state index in [1.807, 2.05) is 13.0 Å². The largest absolute Gasteiger partial charge is 0.493 e. The number of nitrogens with zero attached hydrogens (tertiary/aromatic N) is 2. The summed E-state index contributed by atoms with van der Waals surface area (Å²) in [6, 6.07) is 6.25. The fraction of sp³-hybridized carbons (Fsp3) is 0.650. The maximum atomic E-state index is 13.0. The molecule has 5 heteroatoms. The van der Waals surface area contributed by atoms with Gasteiger partial charge in [-0.05, 0) is 31.0 Å². The van der Waals surface area contributed by atoms with Crippen LogP contribution in [0.25, 0.3) is 0 Å². The Hall–Kier alpha value is -1.59. The van der Waals surface area contributed by atoms with E-state index in [-0.39, 0.29) is 17.0 Å². The number of ketones is 1. The Kier molecular flexibility index (Phi) is 3.85. The molecule has 4 bridgehead atoms. The molecule has 2 atom stereocenters. The maximum absolute atomic E-state index is 13.0. The van der Waals surface area contributed by atoms with Crippen LogP contribution in [0, 0.1) is 10.8 Å². The lowest BCUT2D eigenvalue weighted by molar-refractivity contribution is -0.200. The van der Waals surface area contributed by atoms with Crippen molar-refractivity contribution >= 4 is 5.78 Å². The summed E-state index contributed by atoms with van der Waals surface area (Å²) < 4.78 is 11.2. The van der Waals surface area contributed by atoms with Crippen LogP contribution in [0.5, 0.6) is 11.5 Å². The van der Waals surface area contributed by atoms with Gasteiger partial charge in [0.2, 0.25) is 0 Å². The van der Waals surface area contributed by atoms with E-state index >= 15 is 0 Å². The molecule has 5 rings (SSSR count). The second-order valence-electron chi connectivity index (χ2n) is 8.05. The number of piperidine rings is 2. The number of carbonyl (C=O) groups is 1. The third-order valence-electron chi connectivity index (χ3n) is 6.30. The molecule has 4 aliphatic rings. The number of rotatable bonds is 5. The van der Waals surface area contributed by atoms with Gasteiger partial charge in [-0.2, -0.15) is 0 Å². The van der Waals surface area contributed by atoms with Gasteiger partial charge in [-0.1, -0.05) is 19.9 Å². The molecule has 4 aliphatic heterocycles. The molecule has 0 radical (unpaired) electrons. The van der Waals surface area contributed by atoms with Crippen LogP contribution in [0.1, 0.15) is 38.9 Å². The Balaban J connectivity index is 1.69. The molecule has 25 heavy (non-hydrogen) atoms. The van der Waals surface area contributed by atoms with Gasteiger partial charge in [0, 0.05) is 26.2 Å². The molecule has 0 saturated carbocycles. The van der Waals surface area contributed by atoms with Crippen molar-refractivity contribution in [2.45, 2.75) is 33.4 Å². The summed E-state index contributed by atoms with van der Waals surface area (Å²) in [6.07, 6.45) is 1.15. The van der Waals surface area contributed by atoms with Crippen molar-refractivity contribution in [2.24, 2.45) is 10.8 Å². The standard InChI is InChI=1S/C20H28N2O3/c1-5-20-12-21-10-19(3,18(20)23)11-22(13-20)17(21)14-7-8-15(25-6-2)16(9-14)24-4/h7-9,17H,5-6,10-13H2,1-4H3. The van der Waals surface area contributed by atoms with Gasteiger partial charge in [-0.25, -0.2) is 0 Å². The van der Waals surface area contributed by atoms with E-state index in [1.165, 1.54) is 5.56 Å². The number of ether oxygens (including phenoxy) is 2. The summed E-state index contributed by atoms with van der Waals surface area (Å²) in [7, 11) is 1.69. The van der Waals surface area contributed by atoms with Crippen LogP contribution in [0.2, 0.25) is 0 Å². The molecule has 5 nitrogen and oxygen atoms in total. The third kappa shape index (κ3) is 2.32. The number of benzene rings is 1. The fourth-order valence-electron chi connectivity index (χ4n) is 5.32. The minimum absolute atomic E-state index is 0.183. The summed E-state index contributed by atoms with van der Waals surface area (Å²) in [6.45, 7) is 10.3. The SMILES string of the molecule is CCOc1ccc(C2N3CC4(C)CN2CC(CC)(C3)C4=O)cc1OC. The van der Waals surface area contributed by atoms with Crippen molar-refractivity contribution in [1.29, 1.82) is 0 Å². The van der Waals surface area contributed by atoms with Gasteiger partial charge in [0.05, 0.1) is 30.7 Å². The zero-order valence-electron chi connectivity index (χ0n) is 15.7. The van der Waals surface area contributed by atoms with Gasteiger partial charge in [0.25, 0.3) is 0 Å². The summed E-state index contributed by atoms with van der Waals surface area (Å²) in [5, 5.41) is 0. The molecule has 0 aliphatic carbocycles. The van der Waals surface area contributed by atoms with Crippen molar-refractivity contribution < 1.29 is 14.3 Å². The van der Waals surface area contributed by atoms with Crippen LogP contribution in [0.15, 0.2) is 18.2 Å². The summed E-state index contributed by atoms with van der Waals surface area (Å²) >= 11 is 0. The zero-order valence-corrected chi connectivity index (χ0v) is 15.7. The lowest BCUT2D eigenvalue weighted by Gasteiger charge is -2.65. The minimum Gasteiger partial charge on any atom is -0.493 e. The molecular weight excluding hydrogens is 316 g/mol. The van der Waals surface area contributed by atoms with Crippen molar-refractivity contribution in [2.75, 3.05) is 39.9 Å². The topological polar surface area (TPSA) is 42.0 Å². The average Bonchev–Trinajstić information content (AvgIpc) is 2.59. The van der Waals surface area contributed by atoms with E-state index in [2.05, 4.69) is 35.8 Å². The van der Waals surface area contributed by atoms with E-state index in [0.717, 1.165) is 44.1 Å². The summed E-state index contributed by atoms with van der Waals surface area (Å²) in [5.41, 5.74) is 0.816. The lowest BCUT2D eigenvalue weighted by atomic mass is 9.60. The highest BCUT2D eigenvalue weighted by molar-refractivity contribution is 5.93. The van der Waals surface area contributed by atoms with Crippen molar-refractivity contribution in [3.05, 3.63) is 23.8 Å². The quantitative estimate of drug-likeness (QED) is 0.822. The minimum atomic E-state index is -0.224. The predicted molar refractivity (Wildman–Crippen MR) is 95.9 cm³/mol. The van der Waals surface area contributed by atoms with E-state index in [0.29, 0.717) is 12.4 Å². The second-order valence-corrected chi connectivity index (χ2v) is 8.05. The molecule has 0 amide bonds. The van der Waals surface area contributed by atoms with E-state index in [4.69, 9.17) is 9.47 Å². The van der Waals surface area contributed by atoms with E-state index in [1.54, 1.807) is 7.11 Å². The molecule has 0 aromatic heterocycles. The first-order valence-corrected chi connectivity index (χ1v) is 9.30. The van der Waals surface area contributed by atoms with Gasteiger partial charge < -0.3 is 9.47 Å². The Labute approximate surface area is 149 Å². The number of methoxy groups -OCH3 is 1. The Bertz CT molecular complexity index is 686. The third-order valence-corrected chi connectivity index (χ3v) is 6.30. The average molecular weight is 344 g/mol. The van der Waals surface area contributed by atoms with Crippen LogP contribution in [-0.2, 0) is 4.79 Å². The fourth-order valence-corrected chi connectivity index (χ4v) is 5.32. The van der Waals surface area contributed by atoms with Gasteiger partial charge in [0.1, 0.15) is 5.78 Å². The van der Waals surface area contributed by atoms with E-state index in [9.17, 15) is 4.79 Å². The van der Waals surface area contributed by atoms with Crippen LogP contribution in [-0.4, -0.2) is 55.5 Å². The molecule has 0 N–H and O–H groups in total. The molecule has 0 spiro atoms. The molecule has 4 fully saturated rings. The first-order valence-electron chi connectivity index (χ1n) is 9.30. The van der Waals surface area contributed by atoms with Gasteiger partial charge in [-0.15, -0.1) is 0 Å². The summed E-state index contributed by atoms with van der Waals surface area (Å²) in [5.74, 6) is 2.05. The van der Waals surface area contributed by atoms with Crippen LogP contribution in [0.3, 0.4) is 0 Å². The monoisotopic (exact) mass is 344 g/mol. The van der Waals surface area contributed by atoms with Gasteiger partial charge >= 0.3 is 0 Å². The predicted octanol–water partition coefficient (Wildman–Crippen LogP) is 2.71. The number of carbonyl (C=O) groups excluding carboxylic acids is 1. The Morgan fingerprint density at radius 3 is 2.36 bits per heavy atom. The smallest absolute Gasteiger partial charge is 0.161 e. The maximum Gasteiger partial charge on any atom is 0.161 e. The van der Waals surface area contributed by atoms with Gasteiger partial charge in [0.15, 0.2) is 11.5 Å². The number of Topliss-reactive ketones (excluding diaryl/α,β-unsaturated/α-hetero) is 1. The first kappa shape index (κ1) is 16.9. The highest BCUT2D eigenvalue weighted by atomic mass is 16.5. The molecule has 1 aromatic rings. The molecule has 4 heterocycles. The van der Waals surface area contributed by atoms with Gasteiger partial charge in [-0.3, -0.25) is 14.6 Å². The van der Waals surface area contributed by atoms with Crippen LogP contribution in [0.4, 0.5) is 0 Å². The molecule has 2 unspecified atom stereocenters. The summed E-state index contributed by atoms with van der Waals surface area (Å²) in [4.78, 5) is 18.0. The number of hydrogen-bond acceptors (Lipinski definition) is 5. The van der Waals surface area contributed by atoms with Crippen LogP contribution < -0.4 is 9.47 Å². The highest BCUT2D eigenvalue weighted by Gasteiger charge is 2.63. The molecule has 136 valence electrons. The Morgan fingerprint density at radius 1 is 1.12 bits per heavy atom. The highest BCUT2D eigenvalue weighted by Crippen LogP contribution is 2.53. The van der Waals surface area contributed by atoms with Crippen LogP contribution >= 0.6 is 0 Å². The Morgan fingerprint density at radius 2 is 1.80 bits per heavy atom. The zero-order chi connectivity index (χ0) is 17.8. The molecular formula is C20H28N2O3. The molecule has 1 aromatic carbocycles. The number of hydrogen-bond donors (Lipinski definition) is 0. The van der Waals surface area contributed by atoms with E-state index < -0.39 is 0 Å². The normalized spacial score (nSPS) is 38.9. The lowest BCUT2D eigenvalue weighted by Crippen LogP contribution is -2.75. The first-order chi connectivity index (χ1) is 12.0. The second kappa shape index (κ2) is 5.71. The van der Waals surface area contributed by atoms with Crippen molar-refractivity contribution in [3.63, 3.8) is 0 Å².